The number of nitrogens with zero attached hydrogens (tertiary/aromatic N) is 1. The van der Waals surface area contributed by atoms with Crippen molar-refractivity contribution in [2.45, 2.75) is 26.7 Å². The van der Waals surface area contributed by atoms with Gasteiger partial charge in [-0.05, 0) is 50.5 Å². The molecule has 1 aromatic carbocycles. The van der Waals surface area contributed by atoms with Crippen LogP contribution in [0.4, 0.5) is 11.4 Å². The lowest BCUT2D eigenvalue weighted by atomic mass is 10.0. The molecule has 0 saturated carbocycles. The van der Waals surface area contributed by atoms with Crippen LogP contribution in [0.25, 0.3) is 0 Å². The van der Waals surface area contributed by atoms with Crippen molar-refractivity contribution in [2.24, 2.45) is 0 Å². The van der Waals surface area contributed by atoms with Crippen LogP contribution in [-0.4, -0.2) is 39.2 Å². The monoisotopic (exact) mass is 340 g/mol. The van der Waals surface area contributed by atoms with Gasteiger partial charge in [0.15, 0.2) is 0 Å². The van der Waals surface area contributed by atoms with Crippen LogP contribution in [0.1, 0.15) is 25.8 Å². The van der Waals surface area contributed by atoms with Gasteiger partial charge in [0.1, 0.15) is 0 Å². The number of anilines is 2. The Morgan fingerprint density at radius 1 is 1.30 bits per heavy atom. The number of amides is 1. The molecule has 1 N–H and O–H groups in total. The summed E-state index contributed by atoms with van der Waals surface area (Å²) < 4.78 is 30.3. The lowest BCUT2D eigenvalue weighted by molar-refractivity contribution is -0.152. The van der Waals surface area contributed by atoms with Gasteiger partial charge in [-0.2, -0.15) is 0 Å². The molecule has 126 valence electrons. The lowest BCUT2D eigenvalue weighted by Crippen LogP contribution is -2.36. The highest BCUT2D eigenvalue weighted by Crippen LogP contribution is 2.31. The maximum Gasteiger partial charge on any atom is 0.397 e. The molecule has 0 radical (unpaired) electrons. The summed E-state index contributed by atoms with van der Waals surface area (Å²) in [5, 5.41) is 2.46. The van der Waals surface area contributed by atoms with Crippen molar-refractivity contribution in [3.63, 3.8) is 0 Å². The van der Waals surface area contributed by atoms with Crippen LogP contribution in [0.2, 0.25) is 0 Å². The first-order valence-corrected chi connectivity index (χ1v) is 9.11. The summed E-state index contributed by atoms with van der Waals surface area (Å²) in [6.07, 6.45) is 1.43. The number of esters is 1. The second-order valence-electron chi connectivity index (χ2n) is 5.09. The standard InChI is InChI=1S/C15H20N2O5S/c1-3-22-15(19)14(18)16-12-7-8-13-11(10-12)6-5-9-17(13)23(20,21)4-2/h7-8,10H,3-6,9H2,1-2H3,(H,16,18). The Bertz CT molecular complexity index is 715. The van der Waals surface area contributed by atoms with Crippen molar-refractivity contribution in [1.82, 2.24) is 0 Å². The average molecular weight is 340 g/mol. The molecule has 0 aliphatic carbocycles. The zero-order valence-electron chi connectivity index (χ0n) is 13.2. The van der Waals surface area contributed by atoms with Crippen molar-refractivity contribution >= 4 is 33.3 Å². The number of nitrogens with one attached hydrogen (secondary N) is 1. The number of carbonyl (C=O) groups excluding carboxylic acids is 2. The molecule has 8 heteroatoms. The van der Waals surface area contributed by atoms with E-state index in [1.54, 1.807) is 32.0 Å². The number of hydrogen-bond acceptors (Lipinski definition) is 5. The third-order valence-electron chi connectivity index (χ3n) is 3.57. The van der Waals surface area contributed by atoms with E-state index in [2.05, 4.69) is 10.1 Å². The van der Waals surface area contributed by atoms with Gasteiger partial charge in [-0.25, -0.2) is 13.2 Å². The molecule has 1 amide bonds. The summed E-state index contributed by atoms with van der Waals surface area (Å²) in [5.74, 6) is -1.76. The number of ether oxygens (including phenoxy) is 1. The van der Waals surface area contributed by atoms with Crippen LogP contribution in [0, 0.1) is 0 Å². The molecule has 1 aromatic rings. The Labute approximate surface area is 135 Å². The molecule has 0 atom stereocenters. The fourth-order valence-corrected chi connectivity index (χ4v) is 3.66. The fourth-order valence-electron chi connectivity index (χ4n) is 2.46. The first-order valence-electron chi connectivity index (χ1n) is 7.50. The Balaban J connectivity index is 2.23. The van der Waals surface area contributed by atoms with Gasteiger partial charge in [0.05, 0.1) is 18.0 Å². The maximum atomic E-state index is 12.1. The Morgan fingerprint density at radius 2 is 2.04 bits per heavy atom. The Kier molecular flexibility index (Phi) is 5.25. The number of fused-ring (bicyclic) bond motifs is 1. The molecule has 2 rings (SSSR count). The second kappa shape index (κ2) is 6.99. The molecule has 0 spiro atoms. The van der Waals surface area contributed by atoms with Gasteiger partial charge in [-0.1, -0.05) is 0 Å². The number of aryl methyl sites for hydroxylation is 1. The van der Waals surface area contributed by atoms with Crippen LogP contribution in [0.3, 0.4) is 0 Å². The minimum atomic E-state index is -3.32. The summed E-state index contributed by atoms with van der Waals surface area (Å²) in [5.41, 5.74) is 1.90. The van der Waals surface area contributed by atoms with Crippen LogP contribution >= 0.6 is 0 Å². The van der Waals surface area contributed by atoms with E-state index in [0.717, 1.165) is 5.56 Å². The minimum absolute atomic E-state index is 0.0355. The topological polar surface area (TPSA) is 92.8 Å². The van der Waals surface area contributed by atoms with Gasteiger partial charge >= 0.3 is 11.9 Å². The van der Waals surface area contributed by atoms with E-state index in [-0.39, 0.29) is 12.4 Å². The molecule has 0 aromatic heterocycles. The SMILES string of the molecule is CCOC(=O)C(=O)Nc1ccc2c(c1)CCCN2S(=O)(=O)CC. The first kappa shape index (κ1) is 17.3. The lowest BCUT2D eigenvalue weighted by Gasteiger charge is -2.30. The smallest absolute Gasteiger partial charge is 0.397 e. The number of hydrogen-bond donors (Lipinski definition) is 1. The van der Waals surface area contributed by atoms with Crippen LogP contribution in [0.15, 0.2) is 18.2 Å². The summed E-state index contributed by atoms with van der Waals surface area (Å²) >= 11 is 0. The van der Waals surface area contributed by atoms with Crippen molar-refractivity contribution in [3.05, 3.63) is 23.8 Å². The van der Waals surface area contributed by atoms with Crippen molar-refractivity contribution in [2.75, 3.05) is 28.5 Å². The summed E-state index contributed by atoms with van der Waals surface area (Å²) in [7, 11) is -3.32. The predicted molar refractivity (Wildman–Crippen MR) is 86.8 cm³/mol. The molecule has 7 nitrogen and oxygen atoms in total. The highest BCUT2D eigenvalue weighted by molar-refractivity contribution is 7.92. The zero-order valence-corrected chi connectivity index (χ0v) is 14.0. The first-order chi connectivity index (χ1) is 10.9. The maximum absolute atomic E-state index is 12.1. The Hall–Kier alpha value is -2.09. The van der Waals surface area contributed by atoms with Crippen LogP contribution < -0.4 is 9.62 Å². The zero-order chi connectivity index (χ0) is 17.0. The Morgan fingerprint density at radius 3 is 2.70 bits per heavy atom. The summed E-state index contributed by atoms with van der Waals surface area (Å²) in [6, 6.07) is 4.94. The molecule has 0 fully saturated rings. The molecule has 1 heterocycles. The number of sulfonamides is 1. The number of carbonyl (C=O) groups is 2. The molecule has 0 saturated heterocycles. The van der Waals surface area contributed by atoms with E-state index >= 15 is 0 Å². The van der Waals surface area contributed by atoms with Gasteiger partial charge in [0, 0.05) is 12.2 Å². The van der Waals surface area contributed by atoms with E-state index in [4.69, 9.17) is 0 Å². The minimum Gasteiger partial charge on any atom is -0.459 e. The second-order valence-corrected chi connectivity index (χ2v) is 7.28. The van der Waals surface area contributed by atoms with E-state index in [9.17, 15) is 18.0 Å². The molecule has 23 heavy (non-hydrogen) atoms. The molecule has 0 unspecified atom stereocenters. The quantitative estimate of drug-likeness (QED) is 0.658. The van der Waals surface area contributed by atoms with Crippen LogP contribution in [0.5, 0.6) is 0 Å². The molecular formula is C15H20N2O5S. The normalized spacial score (nSPS) is 14.1. The summed E-state index contributed by atoms with van der Waals surface area (Å²) in [6.45, 7) is 3.81. The van der Waals surface area contributed by atoms with Gasteiger partial charge < -0.3 is 10.1 Å². The largest absolute Gasteiger partial charge is 0.459 e. The molecule has 1 aliphatic heterocycles. The fraction of sp³-hybridized carbons (Fsp3) is 0.467. The van der Waals surface area contributed by atoms with Crippen molar-refractivity contribution in [1.29, 1.82) is 0 Å². The predicted octanol–water partition coefficient (Wildman–Crippen LogP) is 1.29. The van der Waals surface area contributed by atoms with Gasteiger partial charge in [-0.15, -0.1) is 0 Å². The average Bonchev–Trinajstić information content (AvgIpc) is 2.54. The highest BCUT2D eigenvalue weighted by Gasteiger charge is 2.26. The van der Waals surface area contributed by atoms with Gasteiger partial charge in [0.2, 0.25) is 10.0 Å². The number of rotatable bonds is 4. The summed E-state index contributed by atoms with van der Waals surface area (Å²) in [4.78, 5) is 23.0. The third-order valence-corrected chi connectivity index (χ3v) is 5.36. The van der Waals surface area contributed by atoms with E-state index in [1.807, 2.05) is 0 Å². The van der Waals surface area contributed by atoms with E-state index in [1.165, 1.54) is 4.31 Å². The van der Waals surface area contributed by atoms with E-state index < -0.39 is 21.9 Å². The van der Waals surface area contributed by atoms with Crippen LogP contribution in [-0.2, 0) is 30.8 Å². The van der Waals surface area contributed by atoms with E-state index in [0.29, 0.717) is 30.8 Å². The van der Waals surface area contributed by atoms with Crippen molar-refractivity contribution in [3.8, 4) is 0 Å². The highest BCUT2D eigenvalue weighted by atomic mass is 32.2. The molecule has 1 aliphatic rings. The molecule has 0 bridgehead atoms. The number of benzene rings is 1. The molecular weight excluding hydrogens is 320 g/mol. The van der Waals surface area contributed by atoms with Crippen molar-refractivity contribution < 1.29 is 22.7 Å². The van der Waals surface area contributed by atoms with Gasteiger partial charge in [0.25, 0.3) is 0 Å². The van der Waals surface area contributed by atoms with Gasteiger partial charge in [-0.3, -0.25) is 9.10 Å². The third kappa shape index (κ3) is 3.82.